The third kappa shape index (κ3) is 2.19. The minimum Gasteiger partial charge on any atom is -0.377 e. The highest BCUT2D eigenvalue weighted by Gasteiger charge is 2.60. The van der Waals surface area contributed by atoms with Crippen LogP contribution in [0, 0.1) is 29.1 Å². The molecule has 1 aliphatic heterocycles. The van der Waals surface area contributed by atoms with Crippen LogP contribution in [0.25, 0.3) is 0 Å². The van der Waals surface area contributed by atoms with Gasteiger partial charge in [-0.2, -0.15) is 0 Å². The van der Waals surface area contributed by atoms with Crippen molar-refractivity contribution < 1.29 is 14.6 Å². The zero-order chi connectivity index (χ0) is 18.0. The summed E-state index contributed by atoms with van der Waals surface area (Å²) in [5, 5.41) is 11.3. The van der Waals surface area contributed by atoms with E-state index < -0.39 is 5.60 Å². The van der Waals surface area contributed by atoms with Crippen molar-refractivity contribution >= 4 is 0 Å². The Kier molecular flexibility index (Phi) is 3.74. The molecule has 1 heterocycles. The van der Waals surface area contributed by atoms with Gasteiger partial charge < -0.3 is 14.6 Å². The first-order valence-electron chi connectivity index (χ1n) is 10.4. The molecule has 5 aliphatic rings. The van der Waals surface area contributed by atoms with Crippen LogP contribution in [-0.4, -0.2) is 29.7 Å². The van der Waals surface area contributed by atoms with Crippen molar-refractivity contribution in [2.45, 2.75) is 76.6 Å². The second kappa shape index (κ2) is 5.71. The van der Waals surface area contributed by atoms with Crippen molar-refractivity contribution in [1.29, 1.82) is 0 Å². The summed E-state index contributed by atoms with van der Waals surface area (Å²) >= 11 is 0. The van der Waals surface area contributed by atoms with E-state index in [4.69, 9.17) is 9.47 Å². The van der Waals surface area contributed by atoms with Gasteiger partial charge in [-0.1, -0.05) is 24.5 Å². The molecule has 0 bridgehead atoms. The van der Waals surface area contributed by atoms with Crippen LogP contribution in [0.4, 0.5) is 0 Å². The van der Waals surface area contributed by atoms with Crippen molar-refractivity contribution in [3.8, 4) is 11.8 Å². The smallest absolute Gasteiger partial charge is 0.172 e. The van der Waals surface area contributed by atoms with E-state index in [2.05, 4.69) is 24.8 Å². The number of ether oxygens (including phenoxy) is 2. The molecule has 0 amide bonds. The van der Waals surface area contributed by atoms with Crippen LogP contribution < -0.4 is 0 Å². The molecule has 0 aromatic rings. The van der Waals surface area contributed by atoms with Crippen LogP contribution in [0.2, 0.25) is 0 Å². The third-order valence-corrected chi connectivity index (χ3v) is 8.13. The van der Waals surface area contributed by atoms with Gasteiger partial charge in [0.05, 0.1) is 13.2 Å². The highest BCUT2D eigenvalue weighted by atomic mass is 16.7. The van der Waals surface area contributed by atoms with Crippen molar-refractivity contribution in [3.05, 3.63) is 22.8 Å². The molecule has 2 fully saturated rings. The summed E-state index contributed by atoms with van der Waals surface area (Å²) in [7, 11) is 0. The average molecular weight is 354 g/mol. The molecule has 3 nitrogen and oxygen atoms in total. The summed E-state index contributed by atoms with van der Waals surface area (Å²) in [6.45, 7) is 5.61. The van der Waals surface area contributed by atoms with Gasteiger partial charge in [0.2, 0.25) is 0 Å². The van der Waals surface area contributed by atoms with Crippen molar-refractivity contribution in [3.63, 3.8) is 0 Å². The van der Waals surface area contributed by atoms with Gasteiger partial charge in [0.15, 0.2) is 5.79 Å². The first-order valence-corrected chi connectivity index (χ1v) is 10.4. The van der Waals surface area contributed by atoms with E-state index in [1.807, 2.05) is 6.92 Å². The summed E-state index contributed by atoms with van der Waals surface area (Å²) in [5.74, 6) is 7.00. The second-order valence-corrected chi connectivity index (χ2v) is 9.17. The molecule has 1 saturated carbocycles. The standard InChI is InChI=1S/C23H30O3/c1-3-9-22(24)11-8-20-19-5-4-16-15-23(25-13-14-26-23)12-7-17(16)18(19)6-10-21(20,22)2/h6,19-20,24H,4-5,7-8,10-15H2,1-2H3/t19-,20+,21+,22-/m1/s1. The SMILES string of the molecule is CC#C[C@@]1(O)CC[C@H]2[C@@H]3CCC4=C(CCC5(C4)OCCO5)C3=CC[C@@]21C. The summed E-state index contributed by atoms with van der Waals surface area (Å²) in [6, 6.07) is 0. The highest BCUT2D eigenvalue weighted by Crippen LogP contribution is 2.62. The Balaban J connectivity index is 1.48. The largest absolute Gasteiger partial charge is 0.377 e. The Morgan fingerprint density at radius 3 is 2.73 bits per heavy atom. The molecular formula is C23H30O3. The molecule has 5 rings (SSSR count). The fourth-order valence-electron chi connectivity index (χ4n) is 6.72. The number of aliphatic hydroxyl groups is 1. The molecule has 0 aromatic carbocycles. The molecular weight excluding hydrogens is 324 g/mol. The van der Waals surface area contributed by atoms with Crippen LogP contribution in [0.5, 0.6) is 0 Å². The minimum atomic E-state index is -0.814. The van der Waals surface area contributed by atoms with Gasteiger partial charge in [-0.3, -0.25) is 0 Å². The molecule has 3 heteroatoms. The predicted molar refractivity (Wildman–Crippen MR) is 100 cm³/mol. The number of rotatable bonds is 0. The molecule has 140 valence electrons. The lowest BCUT2D eigenvalue weighted by molar-refractivity contribution is -0.164. The van der Waals surface area contributed by atoms with Gasteiger partial charge in [-0.05, 0) is 68.4 Å². The Bertz CT molecular complexity index is 745. The lowest BCUT2D eigenvalue weighted by atomic mass is 9.56. The number of hydrogen-bond acceptors (Lipinski definition) is 3. The Morgan fingerprint density at radius 2 is 1.96 bits per heavy atom. The zero-order valence-corrected chi connectivity index (χ0v) is 16.1. The molecule has 0 unspecified atom stereocenters. The topological polar surface area (TPSA) is 38.7 Å². The van der Waals surface area contributed by atoms with Crippen LogP contribution >= 0.6 is 0 Å². The molecule has 4 atom stereocenters. The monoisotopic (exact) mass is 354 g/mol. The summed E-state index contributed by atoms with van der Waals surface area (Å²) in [5.41, 5.74) is 3.85. The van der Waals surface area contributed by atoms with E-state index in [-0.39, 0.29) is 11.2 Å². The van der Waals surface area contributed by atoms with Gasteiger partial charge >= 0.3 is 0 Å². The lowest BCUT2D eigenvalue weighted by Gasteiger charge is -2.50. The number of fused-ring (bicyclic) bond motifs is 4. The van der Waals surface area contributed by atoms with Gasteiger partial charge in [0.25, 0.3) is 0 Å². The third-order valence-electron chi connectivity index (χ3n) is 8.13. The van der Waals surface area contributed by atoms with Gasteiger partial charge in [-0.15, -0.1) is 5.92 Å². The summed E-state index contributed by atoms with van der Waals surface area (Å²) in [4.78, 5) is 0. The van der Waals surface area contributed by atoms with E-state index in [0.29, 0.717) is 11.8 Å². The summed E-state index contributed by atoms with van der Waals surface area (Å²) in [6.07, 6.45) is 10.7. The maximum atomic E-state index is 11.3. The normalized spacial score (nSPS) is 43.3. The molecule has 1 saturated heterocycles. The Labute approximate surface area is 156 Å². The van der Waals surface area contributed by atoms with E-state index in [1.54, 1.807) is 16.7 Å². The number of hydrogen-bond donors (Lipinski definition) is 1. The fraction of sp³-hybridized carbons (Fsp3) is 0.739. The fourth-order valence-corrected chi connectivity index (χ4v) is 6.72. The first kappa shape index (κ1) is 17.0. The van der Waals surface area contributed by atoms with Gasteiger partial charge in [-0.25, -0.2) is 0 Å². The maximum absolute atomic E-state index is 11.3. The van der Waals surface area contributed by atoms with E-state index in [9.17, 15) is 5.11 Å². The van der Waals surface area contributed by atoms with Crippen molar-refractivity contribution in [2.75, 3.05) is 13.2 Å². The zero-order valence-electron chi connectivity index (χ0n) is 16.1. The Hall–Kier alpha value is -1.08. The van der Waals surface area contributed by atoms with Crippen molar-refractivity contribution in [1.82, 2.24) is 0 Å². The first-order chi connectivity index (χ1) is 12.5. The van der Waals surface area contributed by atoms with E-state index >= 15 is 0 Å². The lowest BCUT2D eigenvalue weighted by Crippen LogP contribution is -2.48. The molecule has 0 aromatic heterocycles. The molecule has 1 N–H and O–H groups in total. The van der Waals surface area contributed by atoms with Crippen LogP contribution in [0.3, 0.4) is 0 Å². The molecule has 26 heavy (non-hydrogen) atoms. The maximum Gasteiger partial charge on any atom is 0.172 e. The van der Waals surface area contributed by atoms with Crippen LogP contribution in [0.15, 0.2) is 22.8 Å². The average Bonchev–Trinajstić information content (AvgIpc) is 3.18. The highest BCUT2D eigenvalue weighted by molar-refractivity contribution is 5.45. The van der Waals surface area contributed by atoms with E-state index in [0.717, 1.165) is 58.2 Å². The predicted octanol–water partition coefficient (Wildman–Crippen LogP) is 4.12. The van der Waals surface area contributed by atoms with Crippen LogP contribution in [-0.2, 0) is 9.47 Å². The Morgan fingerprint density at radius 1 is 1.15 bits per heavy atom. The van der Waals surface area contributed by atoms with Gasteiger partial charge in [0.1, 0.15) is 5.60 Å². The summed E-state index contributed by atoms with van der Waals surface area (Å²) < 4.78 is 12.0. The van der Waals surface area contributed by atoms with Crippen LogP contribution in [0.1, 0.15) is 65.2 Å². The minimum absolute atomic E-state index is 0.101. The molecule has 4 aliphatic carbocycles. The molecule has 0 radical (unpaired) electrons. The van der Waals surface area contributed by atoms with E-state index in [1.165, 1.54) is 6.42 Å². The number of allylic oxidation sites excluding steroid dienone is 3. The molecule has 1 spiro atoms. The second-order valence-electron chi connectivity index (χ2n) is 9.17. The van der Waals surface area contributed by atoms with Gasteiger partial charge in [0, 0.05) is 18.3 Å². The quantitative estimate of drug-likeness (QED) is 0.665. The van der Waals surface area contributed by atoms with Crippen molar-refractivity contribution in [2.24, 2.45) is 17.3 Å².